The van der Waals surface area contributed by atoms with E-state index in [1.807, 2.05) is 54.6 Å². The van der Waals surface area contributed by atoms with Gasteiger partial charge < -0.3 is 4.74 Å². The fraction of sp³-hybridized carbons (Fsp3) is 0.118. The van der Waals surface area contributed by atoms with E-state index < -0.39 is 0 Å². The van der Waals surface area contributed by atoms with Crippen LogP contribution in [0.25, 0.3) is 6.08 Å². The van der Waals surface area contributed by atoms with Crippen LogP contribution in [-0.2, 0) is 9.63 Å². The molecule has 0 saturated carbocycles. The lowest BCUT2D eigenvalue weighted by Crippen LogP contribution is -2.22. The van der Waals surface area contributed by atoms with Crippen molar-refractivity contribution in [3.63, 3.8) is 0 Å². The van der Waals surface area contributed by atoms with Gasteiger partial charge in [0, 0.05) is 13.1 Å². The van der Waals surface area contributed by atoms with Gasteiger partial charge in [0.25, 0.3) is 5.91 Å². The Hall–Kier alpha value is -2.59. The maximum absolute atomic E-state index is 11.6. The number of hydrogen-bond acceptors (Lipinski definition) is 3. The molecule has 0 bridgehead atoms. The van der Waals surface area contributed by atoms with Crippen LogP contribution < -0.4 is 4.74 Å². The van der Waals surface area contributed by atoms with Crippen molar-refractivity contribution < 1.29 is 14.4 Å². The molecule has 0 heterocycles. The van der Waals surface area contributed by atoms with Crippen LogP contribution in [0.2, 0.25) is 0 Å². The second-order valence-corrected chi connectivity index (χ2v) is 4.34. The molecule has 0 unspecified atom stereocenters. The quantitative estimate of drug-likeness (QED) is 0.622. The predicted molar refractivity (Wildman–Crippen MR) is 81.8 cm³/mol. The average molecular weight is 283 g/mol. The molecule has 21 heavy (non-hydrogen) atoms. The summed E-state index contributed by atoms with van der Waals surface area (Å²) in [5.74, 6) is 1.26. The number of likely N-dealkylation sites (N-methyl/N-ethyl adjacent to an activating group) is 1. The van der Waals surface area contributed by atoms with E-state index in [4.69, 9.17) is 9.57 Å². The fourth-order valence-electron chi connectivity index (χ4n) is 1.67. The number of carbonyl (C=O) groups excluding carboxylic acids is 1. The monoisotopic (exact) mass is 283 g/mol. The summed E-state index contributed by atoms with van der Waals surface area (Å²) in [4.78, 5) is 16.4. The van der Waals surface area contributed by atoms with Gasteiger partial charge in [-0.1, -0.05) is 30.3 Å². The maximum atomic E-state index is 11.6. The number of carbonyl (C=O) groups is 1. The summed E-state index contributed by atoms with van der Waals surface area (Å²) in [5, 5.41) is 1.15. The predicted octanol–water partition coefficient (Wildman–Crippen LogP) is 3.51. The first kappa shape index (κ1) is 14.8. The van der Waals surface area contributed by atoms with Crippen LogP contribution in [0.1, 0.15) is 5.56 Å². The van der Waals surface area contributed by atoms with Crippen molar-refractivity contribution in [3.8, 4) is 11.5 Å². The zero-order valence-corrected chi connectivity index (χ0v) is 12.0. The average Bonchev–Trinajstić information content (AvgIpc) is 2.53. The molecule has 0 saturated heterocycles. The van der Waals surface area contributed by atoms with Gasteiger partial charge in [0.1, 0.15) is 11.5 Å². The van der Waals surface area contributed by atoms with E-state index in [0.29, 0.717) is 0 Å². The third-order valence-electron chi connectivity index (χ3n) is 2.84. The number of ether oxygens (including phenoxy) is 1. The lowest BCUT2D eigenvalue weighted by atomic mass is 10.2. The second-order valence-electron chi connectivity index (χ2n) is 4.34. The molecule has 1 amide bonds. The molecule has 0 fully saturated rings. The lowest BCUT2D eigenvalue weighted by Gasteiger charge is -2.10. The third-order valence-corrected chi connectivity index (χ3v) is 2.84. The summed E-state index contributed by atoms with van der Waals surface area (Å²) in [7, 11) is 3.00. The number of hydrogen-bond donors (Lipinski definition) is 0. The number of benzene rings is 2. The van der Waals surface area contributed by atoms with E-state index in [0.717, 1.165) is 22.1 Å². The number of hydroxylamine groups is 2. The Bertz CT molecular complexity index is 623. The standard InChI is InChI=1S/C17H17NO3/c1-18(20-2)17(19)12-11-14-7-6-10-16(13-14)21-15-8-4-3-5-9-15/h3-13H,1-2H3/b12-11+. The summed E-state index contributed by atoms with van der Waals surface area (Å²) >= 11 is 0. The van der Waals surface area contributed by atoms with Gasteiger partial charge in [-0.05, 0) is 35.9 Å². The minimum atomic E-state index is -0.230. The Morgan fingerprint density at radius 1 is 1.05 bits per heavy atom. The molecule has 0 radical (unpaired) electrons. The van der Waals surface area contributed by atoms with Crippen molar-refractivity contribution in [2.75, 3.05) is 14.2 Å². The van der Waals surface area contributed by atoms with E-state index in [2.05, 4.69) is 0 Å². The van der Waals surface area contributed by atoms with Crippen LogP contribution >= 0.6 is 0 Å². The number of nitrogens with zero attached hydrogens (tertiary/aromatic N) is 1. The molecule has 4 heteroatoms. The van der Waals surface area contributed by atoms with E-state index in [1.54, 1.807) is 13.1 Å². The second kappa shape index (κ2) is 7.26. The molecule has 108 valence electrons. The number of amides is 1. The van der Waals surface area contributed by atoms with Crippen molar-refractivity contribution >= 4 is 12.0 Å². The maximum Gasteiger partial charge on any atom is 0.269 e. The van der Waals surface area contributed by atoms with Gasteiger partial charge in [-0.25, -0.2) is 5.06 Å². The fourth-order valence-corrected chi connectivity index (χ4v) is 1.67. The molecular weight excluding hydrogens is 266 g/mol. The number of rotatable bonds is 5. The summed E-state index contributed by atoms with van der Waals surface area (Å²) < 4.78 is 5.74. The molecule has 4 nitrogen and oxygen atoms in total. The molecule has 0 N–H and O–H groups in total. The summed E-state index contributed by atoms with van der Waals surface area (Å²) in [6.07, 6.45) is 3.17. The largest absolute Gasteiger partial charge is 0.457 e. The van der Waals surface area contributed by atoms with Gasteiger partial charge in [-0.3, -0.25) is 9.63 Å². The van der Waals surface area contributed by atoms with Gasteiger partial charge in [0.2, 0.25) is 0 Å². The van der Waals surface area contributed by atoms with Crippen LogP contribution in [0.3, 0.4) is 0 Å². The molecule has 0 aromatic heterocycles. The molecule has 2 aromatic rings. The highest BCUT2D eigenvalue weighted by molar-refractivity contribution is 5.90. The topological polar surface area (TPSA) is 38.8 Å². The van der Waals surface area contributed by atoms with Gasteiger partial charge in [-0.2, -0.15) is 0 Å². The Balaban J connectivity index is 2.08. The van der Waals surface area contributed by atoms with E-state index in [9.17, 15) is 4.79 Å². The zero-order valence-electron chi connectivity index (χ0n) is 12.0. The van der Waals surface area contributed by atoms with E-state index in [1.165, 1.54) is 13.2 Å². The van der Waals surface area contributed by atoms with Crippen molar-refractivity contribution in [2.45, 2.75) is 0 Å². The molecule has 0 aliphatic heterocycles. The highest BCUT2D eigenvalue weighted by Gasteiger charge is 2.02. The highest BCUT2D eigenvalue weighted by atomic mass is 16.7. The van der Waals surface area contributed by atoms with Crippen molar-refractivity contribution in [2.24, 2.45) is 0 Å². The van der Waals surface area contributed by atoms with Crippen LogP contribution in [0.15, 0.2) is 60.7 Å². The Morgan fingerprint density at radius 2 is 1.76 bits per heavy atom. The van der Waals surface area contributed by atoms with Gasteiger partial charge in [-0.15, -0.1) is 0 Å². The molecule has 0 aliphatic carbocycles. The van der Waals surface area contributed by atoms with E-state index >= 15 is 0 Å². The third kappa shape index (κ3) is 4.47. The first-order valence-corrected chi connectivity index (χ1v) is 6.52. The number of para-hydroxylation sites is 1. The smallest absolute Gasteiger partial charge is 0.269 e. The molecule has 0 spiro atoms. The molecule has 0 aliphatic rings. The van der Waals surface area contributed by atoms with E-state index in [-0.39, 0.29) is 5.91 Å². The Morgan fingerprint density at radius 3 is 2.48 bits per heavy atom. The van der Waals surface area contributed by atoms with Crippen LogP contribution in [-0.4, -0.2) is 25.1 Å². The van der Waals surface area contributed by atoms with Crippen molar-refractivity contribution in [1.82, 2.24) is 5.06 Å². The minimum Gasteiger partial charge on any atom is -0.457 e. The molecule has 2 rings (SSSR count). The first-order valence-electron chi connectivity index (χ1n) is 6.52. The Kier molecular flexibility index (Phi) is 5.12. The van der Waals surface area contributed by atoms with Crippen LogP contribution in [0, 0.1) is 0 Å². The van der Waals surface area contributed by atoms with Crippen LogP contribution in [0.4, 0.5) is 0 Å². The van der Waals surface area contributed by atoms with Crippen molar-refractivity contribution in [3.05, 3.63) is 66.2 Å². The summed E-state index contributed by atoms with van der Waals surface area (Å²) in [6.45, 7) is 0. The summed E-state index contributed by atoms with van der Waals surface area (Å²) in [6, 6.07) is 17.0. The first-order chi connectivity index (χ1) is 10.2. The minimum absolute atomic E-state index is 0.230. The molecular formula is C17H17NO3. The normalized spacial score (nSPS) is 10.6. The van der Waals surface area contributed by atoms with Gasteiger partial charge >= 0.3 is 0 Å². The summed E-state index contributed by atoms with van der Waals surface area (Å²) in [5.41, 5.74) is 0.876. The molecule has 2 aromatic carbocycles. The zero-order chi connectivity index (χ0) is 15.1. The van der Waals surface area contributed by atoms with Crippen molar-refractivity contribution in [1.29, 1.82) is 0 Å². The lowest BCUT2D eigenvalue weighted by molar-refractivity contribution is -0.162. The van der Waals surface area contributed by atoms with Gasteiger partial charge in [0.15, 0.2) is 0 Å². The van der Waals surface area contributed by atoms with Crippen LogP contribution in [0.5, 0.6) is 11.5 Å². The molecule has 0 atom stereocenters. The Labute approximate surface area is 124 Å². The van der Waals surface area contributed by atoms with Gasteiger partial charge in [0.05, 0.1) is 7.11 Å². The highest BCUT2D eigenvalue weighted by Crippen LogP contribution is 2.22. The SMILES string of the molecule is CON(C)C(=O)/C=C/c1cccc(Oc2ccccc2)c1.